The van der Waals surface area contributed by atoms with Crippen LogP contribution >= 0.6 is 0 Å². The summed E-state index contributed by atoms with van der Waals surface area (Å²) in [5.74, 6) is 0.666. The van der Waals surface area contributed by atoms with Gasteiger partial charge in [0, 0.05) is 17.8 Å². The number of nitrogens with two attached hydrogens (primary N) is 1. The average Bonchev–Trinajstić information content (AvgIpc) is 2.96. The molecule has 1 aliphatic carbocycles. The Balaban J connectivity index is 2.38. The van der Waals surface area contributed by atoms with Gasteiger partial charge in [0.15, 0.2) is 0 Å². The van der Waals surface area contributed by atoms with Crippen molar-refractivity contribution in [2.45, 2.75) is 18.9 Å². The monoisotopic (exact) mass is 273 g/mol. The summed E-state index contributed by atoms with van der Waals surface area (Å²) < 4.78 is 11.1. The van der Waals surface area contributed by atoms with Gasteiger partial charge in [-0.2, -0.15) is 0 Å². The first-order valence-electron chi connectivity index (χ1n) is 6.53. The second kappa shape index (κ2) is 6.34. The second-order valence-corrected chi connectivity index (χ2v) is 4.60. The minimum absolute atomic E-state index is 0.0985. The van der Waals surface area contributed by atoms with Crippen LogP contribution in [-0.2, 0) is 9.47 Å². The van der Waals surface area contributed by atoms with Gasteiger partial charge in [0.25, 0.3) is 0 Å². The van der Waals surface area contributed by atoms with Crippen LogP contribution in [-0.4, -0.2) is 31.2 Å². The van der Waals surface area contributed by atoms with Crippen LogP contribution in [0.2, 0.25) is 0 Å². The summed E-state index contributed by atoms with van der Waals surface area (Å²) in [5.41, 5.74) is 7.35. The summed E-state index contributed by atoms with van der Waals surface area (Å²) in [7, 11) is 1.59. The third-order valence-corrected chi connectivity index (χ3v) is 3.30. The van der Waals surface area contributed by atoms with Crippen LogP contribution in [0.25, 0.3) is 0 Å². The Kier molecular flexibility index (Phi) is 4.53. The van der Waals surface area contributed by atoms with Gasteiger partial charge in [0.05, 0.1) is 18.5 Å². The van der Waals surface area contributed by atoms with Crippen molar-refractivity contribution in [3.8, 4) is 0 Å². The Bertz CT molecular complexity index is 535. The Labute approximate surface area is 118 Å². The van der Waals surface area contributed by atoms with Gasteiger partial charge in [-0.05, 0) is 37.3 Å². The van der Waals surface area contributed by atoms with Crippen molar-refractivity contribution >= 4 is 11.4 Å². The first-order valence-corrected chi connectivity index (χ1v) is 6.53. The number of rotatable bonds is 4. The van der Waals surface area contributed by atoms with Gasteiger partial charge >= 0.3 is 0 Å². The molecule has 0 radical (unpaired) electrons. The molecule has 5 nitrogen and oxygen atoms in total. The van der Waals surface area contributed by atoms with Gasteiger partial charge in [0.2, 0.25) is 0 Å². The molecule has 106 valence electrons. The van der Waals surface area contributed by atoms with Crippen LogP contribution in [0.4, 0.5) is 0 Å². The van der Waals surface area contributed by atoms with E-state index >= 15 is 0 Å². The smallest absolute Gasteiger partial charge is 0.134 e. The van der Waals surface area contributed by atoms with E-state index in [1.54, 1.807) is 25.3 Å². The fourth-order valence-corrected chi connectivity index (χ4v) is 2.31. The molecule has 20 heavy (non-hydrogen) atoms. The van der Waals surface area contributed by atoms with Gasteiger partial charge in [0.1, 0.15) is 11.9 Å². The summed E-state index contributed by atoms with van der Waals surface area (Å²) in [4.78, 5) is 0. The van der Waals surface area contributed by atoms with Gasteiger partial charge in [-0.25, -0.2) is 0 Å². The number of methoxy groups -OCH3 is 1. The molecular formula is C15H19N3O2. The van der Waals surface area contributed by atoms with Crippen molar-refractivity contribution < 1.29 is 9.47 Å². The van der Waals surface area contributed by atoms with Crippen molar-refractivity contribution in [3.63, 3.8) is 0 Å². The normalized spacial score (nSPS) is 24.9. The fraction of sp³-hybridized carbons (Fsp3) is 0.333. The Morgan fingerprint density at radius 3 is 2.90 bits per heavy atom. The van der Waals surface area contributed by atoms with Crippen LogP contribution in [0, 0.1) is 10.8 Å². The fourth-order valence-electron chi connectivity index (χ4n) is 2.31. The zero-order valence-electron chi connectivity index (χ0n) is 11.5. The SMILES string of the molecule is CO/C(=C1/C=C(C(=N)/C=C\N)C=CC1=N)C1CCCO1. The maximum atomic E-state index is 8.04. The zero-order valence-corrected chi connectivity index (χ0v) is 11.5. The van der Waals surface area contributed by atoms with Crippen LogP contribution in [0.1, 0.15) is 12.8 Å². The highest BCUT2D eigenvalue weighted by atomic mass is 16.5. The predicted molar refractivity (Wildman–Crippen MR) is 79.0 cm³/mol. The molecule has 0 aromatic rings. The van der Waals surface area contributed by atoms with Gasteiger partial charge in [-0.15, -0.1) is 0 Å². The first kappa shape index (κ1) is 14.3. The molecule has 0 spiro atoms. The lowest BCUT2D eigenvalue weighted by molar-refractivity contribution is 0.0864. The molecule has 1 heterocycles. The molecule has 0 aromatic carbocycles. The summed E-state index contributed by atoms with van der Waals surface area (Å²) in [5, 5.41) is 15.9. The van der Waals surface area contributed by atoms with Crippen molar-refractivity contribution in [2.75, 3.05) is 13.7 Å². The Hall–Kier alpha value is -2.14. The van der Waals surface area contributed by atoms with Gasteiger partial charge < -0.3 is 26.0 Å². The van der Waals surface area contributed by atoms with E-state index in [-0.39, 0.29) is 6.10 Å². The summed E-state index contributed by atoms with van der Waals surface area (Å²) >= 11 is 0. The number of allylic oxidation sites excluding steroid dienone is 6. The topological polar surface area (TPSA) is 92.2 Å². The highest BCUT2D eigenvalue weighted by Gasteiger charge is 2.26. The molecule has 2 rings (SSSR count). The molecule has 1 saturated heterocycles. The van der Waals surface area contributed by atoms with Crippen molar-refractivity contribution in [2.24, 2.45) is 5.73 Å². The Morgan fingerprint density at radius 2 is 2.30 bits per heavy atom. The number of nitrogens with one attached hydrogen (secondary N) is 2. The lowest BCUT2D eigenvalue weighted by atomic mass is 9.94. The van der Waals surface area contributed by atoms with E-state index in [9.17, 15) is 0 Å². The minimum atomic E-state index is -0.0985. The van der Waals surface area contributed by atoms with E-state index in [0.717, 1.165) is 19.4 Å². The summed E-state index contributed by atoms with van der Waals surface area (Å²) in [6.07, 6.45) is 9.82. The molecule has 0 amide bonds. The number of ether oxygens (including phenoxy) is 2. The largest absolute Gasteiger partial charge is 0.498 e. The third-order valence-electron chi connectivity index (χ3n) is 3.30. The van der Waals surface area contributed by atoms with Crippen LogP contribution in [0.3, 0.4) is 0 Å². The number of hydrogen-bond donors (Lipinski definition) is 3. The van der Waals surface area contributed by atoms with E-state index in [2.05, 4.69) is 0 Å². The number of hydrogen-bond acceptors (Lipinski definition) is 5. The molecule has 1 unspecified atom stereocenters. The van der Waals surface area contributed by atoms with Crippen molar-refractivity contribution in [1.82, 2.24) is 0 Å². The lowest BCUT2D eigenvalue weighted by Crippen LogP contribution is -2.17. The summed E-state index contributed by atoms with van der Waals surface area (Å²) in [6.45, 7) is 0.719. The molecule has 0 bridgehead atoms. The van der Waals surface area contributed by atoms with Crippen LogP contribution in [0.15, 0.2) is 47.4 Å². The van der Waals surface area contributed by atoms with E-state index in [1.165, 1.54) is 12.3 Å². The second-order valence-electron chi connectivity index (χ2n) is 4.60. The third kappa shape index (κ3) is 2.88. The van der Waals surface area contributed by atoms with Crippen LogP contribution in [0.5, 0.6) is 0 Å². The maximum Gasteiger partial charge on any atom is 0.134 e. The van der Waals surface area contributed by atoms with Gasteiger partial charge in [-0.3, -0.25) is 0 Å². The standard InChI is InChI=1S/C15H19N3O2/c1-19-15(14-3-2-8-20-14)11-9-10(4-5-13(11)18)12(17)6-7-16/h4-7,9,14,17-18H,2-3,8,16H2,1H3/b7-6-,15-11-,17-12?,18-13?. The molecule has 4 N–H and O–H groups in total. The highest BCUT2D eigenvalue weighted by molar-refractivity contribution is 6.16. The van der Waals surface area contributed by atoms with Crippen molar-refractivity contribution in [3.05, 3.63) is 47.4 Å². The molecule has 0 aromatic heterocycles. The quantitative estimate of drug-likeness (QED) is 0.541. The molecular weight excluding hydrogens is 254 g/mol. The van der Waals surface area contributed by atoms with E-state index < -0.39 is 0 Å². The summed E-state index contributed by atoms with van der Waals surface area (Å²) in [6, 6.07) is 0. The van der Waals surface area contributed by atoms with E-state index in [0.29, 0.717) is 28.3 Å². The van der Waals surface area contributed by atoms with E-state index in [1.807, 2.05) is 0 Å². The Morgan fingerprint density at radius 1 is 1.50 bits per heavy atom. The zero-order chi connectivity index (χ0) is 14.5. The molecule has 1 aliphatic heterocycles. The highest BCUT2D eigenvalue weighted by Crippen LogP contribution is 2.27. The molecule has 5 heteroatoms. The van der Waals surface area contributed by atoms with Crippen LogP contribution < -0.4 is 5.73 Å². The molecule has 2 aliphatic rings. The minimum Gasteiger partial charge on any atom is -0.498 e. The molecule has 1 atom stereocenters. The first-order chi connectivity index (χ1) is 9.67. The van der Waals surface area contributed by atoms with Gasteiger partial charge in [-0.1, -0.05) is 6.08 Å². The predicted octanol–water partition coefficient (Wildman–Crippen LogP) is 2.07. The maximum absolute atomic E-state index is 8.04. The molecule has 1 fully saturated rings. The average molecular weight is 273 g/mol. The lowest BCUT2D eigenvalue weighted by Gasteiger charge is -2.19. The van der Waals surface area contributed by atoms with E-state index in [4.69, 9.17) is 26.0 Å². The molecule has 0 saturated carbocycles. The van der Waals surface area contributed by atoms with Crippen molar-refractivity contribution in [1.29, 1.82) is 10.8 Å².